The van der Waals surface area contributed by atoms with Crippen molar-refractivity contribution in [3.8, 4) is 0 Å². The van der Waals surface area contributed by atoms with Gasteiger partial charge in [0.25, 0.3) is 0 Å². The van der Waals surface area contributed by atoms with Gasteiger partial charge in [-0.25, -0.2) is 4.98 Å². The third-order valence-electron chi connectivity index (χ3n) is 4.82. The Balaban J connectivity index is 0.000000299. The highest BCUT2D eigenvalue weighted by Crippen LogP contribution is 2.34. The van der Waals surface area contributed by atoms with Gasteiger partial charge in [0.1, 0.15) is 5.82 Å². The molecule has 3 aromatic carbocycles. The molecular formula is C25H26N2. The summed E-state index contributed by atoms with van der Waals surface area (Å²) in [4.78, 5) is 4.59. The highest BCUT2D eigenvalue weighted by molar-refractivity contribution is 5.39. The minimum atomic E-state index is -0.256. The molecular weight excluding hydrogens is 328 g/mol. The lowest BCUT2D eigenvalue weighted by atomic mass is 9.84. The molecule has 0 aliphatic rings. The van der Waals surface area contributed by atoms with Crippen LogP contribution in [0.15, 0.2) is 103 Å². The zero-order valence-corrected chi connectivity index (χ0v) is 16.2. The lowest BCUT2D eigenvalue weighted by molar-refractivity contribution is 0.464. The number of rotatable bonds is 3. The van der Waals surface area contributed by atoms with Crippen molar-refractivity contribution in [2.45, 2.75) is 26.3 Å². The second-order valence-electron chi connectivity index (χ2n) is 6.76. The van der Waals surface area contributed by atoms with Gasteiger partial charge in [0, 0.05) is 6.20 Å². The molecule has 0 bridgehead atoms. The van der Waals surface area contributed by atoms with Crippen molar-refractivity contribution in [3.05, 3.63) is 126 Å². The SMILES string of the molecule is Cc1cn(C(C)(c2ccccc2)c2ccccc2)c(C)n1.c1ccccc1. The molecule has 2 nitrogen and oxygen atoms in total. The molecule has 0 spiro atoms. The number of imidazole rings is 1. The van der Waals surface area contributed by atoms with E-state index in [-0.39, 0.29) is 5.54 Å². The zero-order valence-electron chi connectivity index (χ0n) is 16.2. The number of aromatic nitrogens is 2. The molecule has 2 heteroatoms. The fourth-order valence-corrected chi connectivity index (χ4v) is 3.43. The van der Waals surface area contributed by atoms with Crippen LogP contribution < -0.4 is 0 Å². The molecule has 0 atom stereocenters. The second-order valence-corrected chi connectivity index (χ2v) is 6.76. The summed E-state index contributed by atoms with van der Waals surface area (Å²) in [6, 6.07) is 33.2. The van der Waals surface area contributed by atoms with Crippen molar-refractivity contribution < 1.29 is 0 Å². The van der Waals surface area contributed by atoms with Gasteiger partial charge in [-0.05, 0) is 31.9 Å². The molecule has 4 rings (SSSR count). The number of nitrogens with zero attached hydrogens (tertiary/aromatic N) is 2. The van der Waals surface area contributed by atoms with Crippen LogP contribution in [0.4, 0.5) is 0 Å². The smallest absolute Gasteiger partial charge is 0.106 e. The van der Waals surface area contributed by atoms with Crippen LogP contribution in [0.25, 0.3) is 0 Å². The summed E-state index contributed by atoms with van der Waals surface area (Å²) in [7, 11) is 0. The third kappa shape index (κ3) is 4.17. The molecule has 0 fully saturated rings. The number of benzene rings is 3. The van der Waals surface area contributed by atoms with Gasteiger partial charge < -0.3 is 4.57 Å². The topological polar surface area (TPSA) is 17.8 Å². The third-order valence-corrected chi connectivity index (χ3v) is 4.82. The van der Waals surface area contributed by atoms with Crippen LogP contribution in [0.3, 0.4) is 0 Å². The summed E-state index contributed by atoms with van der Waals surface area (Å²) in [5.41, 5.74) is 3.31. The first-order valence-electron chi connectivity index (χ1n) is 9.26. The van der Waals surface area contributed by atoms with Crippen LogP contribution in [-0.2, 0) is 5.54 Å². The summed E-state index contributed by atoms with van der Waals surface area (Å²) >= 11 is 0. The van der Waals surface area contributed by atoms with Crippen molar-refractivity contribution in [1.82, 2.24) is 9.55 Å². The molecule has 0 N–H and O–H groups in total. The van der Waals surface area contributed by atoms with Crippen molar-refractivity contribution >= 4 is 0 Å². The highest BCUT2D eigenvalue weighted by atomic mass is 15.1. The van der Waals surface area contributed by atoms with Gasteiger partial charge in [-0.1, -0.05) is 97.1 Å². The first-order valence-corrected chi connectivity index (χ1v) is 9.26. The molecule has 1 heterocycles. The van der Waals surface area contributed by atoms with E-state index in [4.69, 9.17) is 0 Å². The van der Waals surface area contributed by atoms with Crippen LogP contribution in [0.1, 0.15) is 29.6 Å². The van der Waals surface area contributed by atoms with Crippen molar-refractivity contribution in [2.75, 3.05) is 0 Å². The Morgan fingerprint density at radius 3 is 1.33 bits per heavy atom. The average molecular weight is 354 g/mol. The Labute approximate surface area is 162 Å². The standard InChI is InChI=1S/C19H20N2.C6H6/c1-15-14-21(16(2)20-15)19(3,17-10-6-4-7-11-17)18-12-8-5-9-13-18;1-2-4-6-5-3-1/h4-14H,1-3H3;1-6H. The second kappa shape index (κ2) is 8.50. The Morgan fingerprint density at radius 2 is 1.00 bits per heavy atom. The molecule has 0 aliphatic heterocycles. The maximum absolute atomic E-state index is 4.59. The lowest BCUT2D eigenvalue weighted by Gasteiger charge is -2.33. The Kier molecular flexibility index (Phi) is 5.87. The summed E-state index contributed by atoms with van der Waals surface area (Å²) < 4.78 is 2.27. The predicted molar refractivity (Wildman–Crippen MR) is 113 cm³/mol. The monoisotopic (exact) mass is 354 g/mol. The maximum atomic E-state index is 4.59. The Hall–Kier alpha value is -3.13. The van der Waals surface area contributed by atoms with Gasteiger partial charge in [-0.15, -0.1) is 0 Å². The van der Waals surface area contributed by atoms with Gasteiger partial charge in [0.15, 0.2) is 0 Å². The minimum Gasteiger partial charge on any atom is -0.321 e. The summed E-state index contributed by atoms with van der Waals surface area (Å²) in [5.74, 6) is 1.03. The van der Waals surface area contributed by atoms with E-state index in [1.807, 2.05) is 43.3 Å². The van der Waals surface area contributed by atoms with E-state index in [9.17, 15) is 0 Å². The highest BCUT2D eigenvalue weighted by Gasteiger charge is 2.32. The first kappa shape index (κ1) is 18.7. The van der Waals surface area contributed by atoms with E-state index in [2.05, 4.69) is 90.3 Å². The van der Waals surface area contributed by atoms with Gasteiger partial charge in [-0.2, -0.15) is 0 Å². The molecule has 0 unspecified atom stereocenters. The summed E-state index contributed by atoms with van der Waals surface area (Å²) in [5, 5.41) is 0. The van der Waals surface area contributed by atoms with E-state index in [0.717, 1.165) is 11.5 Å². The maximum Gasteiger partial charge on any atom is 0.106 e. The number of hydrogen-bond donors (Lipinski definition) is 0. The number of aryl methyl sites for hydroxylation is 2. The van der Waals surface area contributed by atoms with Crippen LogP contribution in [0, 0.1) is 13.8 Å². The molecule has 136 valence electrons. The van der Waals surface area contributed by atoms with Gasteiger partial charge >= 0.3 is 0 Å². The molecule has 4 aromatic rings. The quantitative estimate of drug-likeness (QED) is 0.441. The van der Waals surface area contributed by atoms with E-state index < -0.39 is 0 Å². The molecule has 0 saturated heterocycles. The molecule has 0 saturated carbocycles. The molecule has 27 heavy (non-hydrogen) atoms. The fraction of sp³-hybridized carbons (Fsp3) is 0.160. The molecule has 0 amide bonds. The molecule has 0 aliphatic carbocycles. The minimum absolute atomic E-state index is 0.256. The first-order chi connectivity index (χ1) is 13.1. The predicted octanol–water partition coefficient (Wildman–Crippen LogP) is 6.00. The largest absolute Gasteiger partial charge is 0.321 e. The average Bonchev–Trinajstić information content (AvgIpc) is 3.09. The van der Waals surface area contributed by atoms with E-state index in [1.165, 1.54) is 11.1 Å². The van der Waals surface area contributed by atoms with Crippen LogP contribution in [0.2, 0.25) is 0 Å². The van der Waals surface area contributed by atoms with Gasteiger partial charge in [0.2, 0.25) is 0 Å². The van der Waals surface area contributed by atoms with Gasteiger partial charge in [0.05, 0.1) is 11.2 Å². The van der Waals surface area contributed by atoms with E-state index in [1.54, 1.807) is 0 Å². The van der Waals surface area contributed by atoms with Crippen molar-refractivity contribution in [2.24, 2.45) is 0 Å². The van der Waals surface area contributed by atoms with E-state index >= 15 is 0 Å². The van der Waals surface area contributed by atoms with Crippen LogP contribution >= 0.6 is 0 Å². The summed E-state index contributed by atoms with van der Waals surface area (Å²) in [6.07, 6.45) is 2.13. The Bertz CT molecular complexity index is 875. The molecule has 0 radical (unpaired) electrons. The summed E-state index contributed by atoms with van der Waals surface area (Å²) in [6.45, 7) is 6.36. The zero-order chi connectivity index (χ0) is 19.1. The van der Waals surface area contributed by atoms with Crippen molar-refractivity contribution in [3.63, 3.8) is 0 Å². The van der Waals surface area contributed by atoms with E-state index in [0.29, 0.717) is 0 Å². The number of hydrogen-bond acceptors (Lipinski definition) is 1. The Morgan fingerprint density at radius 1 is 0.630 bits per heavy atom. The fourth-order valence-electron chi connectivity index (χ4n) is 3.43. The van der Waals surface area contributed by atoms with Crippen molar-refractivity contribution in [1.29, 1.82) is 0 Å². The van der Waals surface area contributed by atoms with Crippen LogP contribution in [0.5, 0.6) is 0 Å². The lowest BCUT2D eigenvalue weighted by Crippen LogP contribution is -2.33. The van der Waals surface area contributed by atoms with Crippen LogP contribution in [-0.4, -0.2) is 9.55 Å². The van der Waals surface area contributed by atoms with Gasteiger partial charge in [-0.3, -0.25) is 0 Å². The molecule has 1 aromatic heterocycles. The normalized spacial score (nSPS) is 10.8.